The van der Waals surface area contributed by atoms with Crippen molar-refractivity contribution in [2.75, 3.05) is 6.54 Å². The second-order valence-corrected chi connectivity index (χ2v) is 8.24. The molecule has 0 saturated carbocycles. The molecule has 1 unspecified atom stereocenters. The number of hydrogen-bond acceptors (Lipinski definition) is 7. The molecule has 2 aromatic rings. The van der Waals surface area contributed by atoms with E-state index < -0.39 is 42.3 Å². The quantitative estimate of drug-likeness (QED) is 0.183. The lowest BCUT2D eigenvalue weighted by Crippen LogP contribution is -2.52. The highest BCUT2D eigenvalue weighted by atomic mass is 16.3. The summed E-state index contributed by atoms with van der Waals surface area (Å²) in [5.41, 5.74) is 11.3. The van der Waals surface area contributed by atoms with Crippen LogP contribution in [0.2, 0.25) is 0 Å². The number of rotatable bonds is 13. The average molecular weight is 528 g/mol. The van der Waals surface area contributed by atoms with Gasteiger partial charge in [0.2, 0.25) is 29.5 Å². The third-order valence-electron chi connectivity index (χ3n) is 4.90. The van der Waals surface area contributed by atoms with Crippen LogP contribution in [0, 0.1) is 0 Å². The minimum Gasteiger partial charge on any atom is -0.508 e. The lowest BCUT2D eigenvalue weighted by Gasteiger charge is -2.19. The molecule has 8 N–H and O–H groups in total. The summed E-state index contributed by atoms with van der Waals surface area (Å²) in [5.74, 6) is -2.73. The van der Waals surface area contributed by atoms with Crippen LogP contribution in [0.25, 0.3) is 0 Å². The third-order valence-corrected chi connectivity index (χ3v) is 4.90. The molecular weight excluding hydrogens is 494 g/mol. The van der Waals surface area contributed by atoms with Gasteiger partial charge >= 0.3 is 0 Å². The minimum absolute atomic E-state index is 0.0116. The normalized spacial score (nSPS) is 11.5. The SMILES string of the molecule is CC(N)=O.NC(=O)C(Cc1ccccc1)NC(=O)CNC(=O)[C@H](Cc1ccc(O)cc1)NC(=O)CCC=O. The van der Waals surface area contributed by atoms with E-state index in [1.807, 2.05) is 6.07 Å². The largest absolute Gasteiger partial charge is 0.508 e. The average Bonchev–Trinajstić information content (AvgIpc) is 2.86. The van der Waals surface area contributed by atoms with E-state index in [0.717, 1.165) is 5.56 Å². The zero-order valence-corrected chi connectivity index (χ0v) is 21.0. The highest BCUT2D eigenvalue weighted by Crippen LogP contribution is 2.11. The van der Waals surface area contributed by atoms with Crippen molar-refractivity contribution in [1.82, 2.24) is 16.0 Å². The zero-order valence-electron chi connectivity index (χ0n) is 21.0. The summed E-state index contributed by atoms with van der Waals surface area (Å²) in [7, 11) is 0. The number of nitrogens with two attached hydrogens (primary N) is 2. The van der Waals surface area contributed by atoms with Crippen LogP contribution in [0.1, 0.15) is 30.9 Å². The molecule has 5 amide bonds. The number of phenols is 1. The maximum atomic E-state index is 12.7. The van der Waals surface area contributed by atoms with Crippen LogP contribution >= 0.6 is 0 Å². The highest BCUT2D eigenvalue weighted by Gasteiger charge is 2.23. The second-order valence-electron chi connectivity index (χ2n) is 8.24. The fraction of sp³-hybridized carbons (Fsp3) is 0.308. The Morgan fingerprint density at radius 2 is 1.37 bits per heavy atom. The lowest BCUT2D eigenvalue weighted by atomic mass is 10.0. The Balaban J connectivity index is 0.00000168. The summed E-state index contributed by atoms with van der Waals surface area (Å²) in [6.07, 6.45) is 0.828. The van der Waals surface area contributed by atoms with Crippen LogP contribution < -0.4 is 27.4 Å². The Hall–Kier alpha value is -4.74. The molecule has 38 heavy (non-hydrogen) atoms. The molecule has 0 bridgehead atoms. The summed E-state index contributed by atoms with van der Waals surface area (Å²) in [6.45, 7) is 0.869. The number of amides is 5. The van der Waals surface area contributed by atoms with Crippen molar-refractivity contribution >= 4 is 35.8 Å². The minimum atomic E-state index is -1.02. The molecule has 0 heterocycles. The van der Waals surface area contributed by atoms with Crippen molar-refractivity contribution in [3.05, 3.63) is 65.7 Å². The van der Waals surface area contributed by atoms with Gasteiger partial charge in [-0.1, -0.05) is 42.5 Å². The molecule has 0 saturated heterocycles. The number of benzene rings is 2. The fourth-order valence-corrected chi connectivity index (χ4v) is 3.14. The van der Waals surface area contributed by atoms with Crippen molar-refractivity contribution in [3.8, 4) is 5.75 Å². The first-order valence-electron chi connectivity index (χ1n) is 11.7. The first kappa shape index (κ1) is 31.3. The predicted molar refractivity (Wildman–Crippen MR) is 138 cm³/mol. The Morgan fingerprint density at radius 3 is 1.92 bits per heavy atom. The molecule has 0 aromatic heterocycles. The van der Waals surface area contributed by atoms with E-state index in [9.17, 15) is 33.9 Å². The number of primary amides is 2. The van der Waals surface area contributed by atoms with Gasteiger partial charge < -0.3 is 37.3 Å². The van der Waals surface area contributed by atoms with Crippen LogP contribution in [0.3, 0.4) is 0 Å². The van der Waals surface area contributed by atoms with E-state index in [1.54, 1.807) is 36.4 Å². The number of hydrogen-bond donors (Lipinski definition) is 6. The van der Waals surface area contributed by atoms with Crippen LogP contribution in [0.4, 0.5) is 0 Å². The maximum absolute atomic E-state index is 12.7. The second kappa shape index (κ2) is 16.8. The summed E-state index contributed by atoms with van der Waals surface area (Å²) in [4.78, 5) is 68.6. The molecule has 12 nitrogen and oxygen atoms in total. The molecule has 0 aliphatic rings. The standard InChI is InChI=1S/C24H28N4O6.C2H5NO/c25-23(33)19(13-16-5-2-1-3-6-16)27-22(32)15-26-24(34)20(28-21(31)7-4-12-29)14-17-8-10-18(30)11-9-17;1-2(3)4/h1-3,5-6,8-12,19-20,30H,4,7,13-15H2,(H2,25,33)(H,26,34)(H,27,32)(H,28,31);1H3,(H2,3,4)/t19?,20-;/m0./s1. The monoisotopic (exact) mass is 527 g/mol. The van der Waals surface area contributed by atoms with Gasteiger partial charge in [-0.3, -0.25) is 24.0 Å². The molecule has 204 valence electrons. The highest BCUT2D eigenvalue weighted by molar-refractivity contribution is 5.92. The van der Waals surface area contributed by atoms with Gasteiger partial charge in [0.15, 0.2) is 0 Å². The zero-order chi connectivity index (χ0) is 28.5. The molecule has 0 aliphatic carbocycles. The van der Waals surface area contributed by atoms with Crippen LogP contribution in [0.5, 0.6) is 5.75 Å². The Morgan fingerprint density at radius 1 is 0.842 bits per heavy atom. The van der Waals surface area contributed by atoms with Crippen molar-refractivity contribution in [2.45, 2.75) is 44.7 Å². The molecular formula is C26H33N5O7. The molecule has 0 spiro atoms. The molecule has 0 radical (unpaired) electrons. The number of nitrogens with one attached hydrogen (secondary N) is 3. The Kier molecular flexibility index (Phi) is 13.9. The summed E-state index contributed by atoms with van der Waals surface area (Å²) in [6, 6.07) is 13.1. The van der Waals surface area contributed by atoms with Gasteiger partial charge in [-0.15, -0.1) is 0 Å². The molecule has 0 fully saturated rings. The van der Waals surface area contributed by atoms with Crippen LogP contribution in [-0.2, 0) is 41.6 Å². The van der Waals surface area contributed by atoms with Crippen LogP contribution in [0.15, 0.2) is 54.6 Å². The number of aromatic hydroxyl groups is 1. The molecule has 2 rings (SSSR count). The fourth-order valence-electron chi connectivity index (χ4n) is 3.14. The molecule has 0 aliphatic heterocycles. The van der Waals surface area contributed by atoms with Crippen molar-refractivity contribution in [2.24, 2.45) is 11.5 Å². The van der Waals surface area contributed by atoms with Gasteiger partial charge in [0.25, 0.3) is 0 Å². The predicted octanol–water partition coefficient (Wildman–Crippen LogP) is -0.781. The van der Waals surface area contributed by atoms with Crippen molar-refractivity contribution in [3.63, 3.8) is 0 Å². The Bertz CT molecular complexity index is 1090. The van der Waals surface area contributed by atoms with Gasteiger partial charge in [-0.05, 0) is 23.3 Å². The van der Waals surface area contributed by atoms with Gasteiger partial charge in [-0.2, -0.15) is 0 Å². The Labute approximate surface area is 220 Å². The van der Waals surface area contributed by atoms with Gasteiger partial charge in [0.05, 0.1) is 6.54 Å². The first-order chi connectivity index (χ1) is 18.0. The van der Waals surface area contributed by atoms with Crippen molar-refractivity contribution in [1.29, 1.82) is 0 Å². The summed E-state index contributed by atoms with van der Waals surface area (Å²) in [5, 5.41) is 16.9. The number of carbonyl (C=O) groups excluding carboxylic acids is 6. The van der Waals surface area contributed by atoms with E-state index in [1.165, 1.54) is 19.1 Å². The van der Waals surface area contributed by atoms with E-state index in [2.05, 4.69) is 21.7 Å². The van der Waals surface area contributed by atoms with E-state index in [4.69, 9.17) is 5.73 Å². The number of carbonyl (C=O) groups is 6. The van der Waals surface area contributed by atoms with Gasteiger partial charge in [-0.25, -0.2) is 0 Å². The number of phenolic OH excluding ortho intramolecular Hbond substituents is 1. The molecule has 2 aromatic carbocycles. The third kappa shape index (κ3) is 13.4. The smallest absolute Gasteiger partial charge is 0.243 e. The summed E-state index contributed by atoms with van der Waals surface area (Å²) >= 11 is 0. The maximum Gasteiger partial charge on any atom is 0.243 e. The topological polar surface area (TPSA) is 211 Å². The number of aldehydes is 1. The first-order valence-corrected chi connectivity index (χ1v) is 11.7. The van der Waals surface area contributed by atoms with Crippen molar-refractivity contribution < 1.29 is 33.9 Å². The molecule has 2 atom stereocenters. The van der Waals surface area contributed by atoms with E-state index in [0.29, 0.717) is 11.8 Å². The van der Waals surface area contributed by atoms with E-state index >= 15 is 0 Å². The van der Waals surface area contributed by atoms with Gasteiger partial charge in [0, 0.05) is 32.6 Å². The summed E-state index contributed by atoms with van der Waals surface area (Å²) < 4.78 is 0. The lowest BCUT2D eigenvalue weighted by molar-refractivity contribution is -0.131. The van der Waals surface area contributed by atoms with E-state index in [-0.39, 0.29) is 37.3 Å². The molecule has 12 heteroatoms. The van der Waals surface area contributed by atoms with Crippen LogP contribution in [-0.4, -0.2) is 59.6 Å². The van der Waals surface area contributed by atoms with Gasteiger partial charge in [0.1, 0.15) is 24.1 Å².